The number of benzene rings is 1. The molecule has 3 aliphatic rings. The number of anilines is 1. The van der Waals surface area contributed by atoms with E-state index in [9.17, 15) is 9.90 Å². The van der Waals surface area contributed by atoms with Crippen LogP contribution in [0.3, 0.4) is 0 Å². The number of rotatable bonds is 5. The van der Waals surface area contributed by atoms with Crippen molar-refractivity contribution in [3.8, 4) is 17.2 Å². The van der Waals surface area contributed by atoms with Gasteiger partial charge in [0.05, 0.1) is 5.92 Å². The molecule has 1 aliphatic carbocycles. The molecule has 7 heteroatoms. The summed E-state index contributed by atoms with van der Waals surface area (Å²) in [5.74, 6) is 2.86. The molecule has 4 atom stereocenters. The van der Waals surface area contributed by atoms with Crippen LogP contribution in [-0.4, -0.2) is 35.0 Å². The van der Waals surface area contributed by atoms with Gasteiger partial charge < -0.3 is 24.6 Å². The van der Waals surface area contributed by atoms with Gasteiger partial charge in [0.15, 0.2) is 6.29 Å². The number of aliphatic hydroxyl groups excluding tert-OH is 1. The fraction of sp³-hybridized carbons (Fsp3) is 0.400. The number of pyridine rings is 1. The van der Waals surface area contributed by atoms with Crippen LogP contribution in [0.4, 0.5) is 5.82 Å². The first-order chi connectivity index (χ1) is 13.2. The smallest absolute Gasteiger partial charge is 0.225 e. The molecule has 0 spiro atoms. The third-order valence-electron chi connectivity index (χ3n) is 5.38. The Hall–Kier alpha value is -2.64. The van der Waals surface area contributed by atoms with Crippen molar-refractivity contribution in [2.24, 2.45) is 5.92 Å². The second-order valence-electron chi connectivity index (χ2n) is 7.02. The predicted octanol–water partition coefficient (Wildman–Crippen LogP) is 2.59. The van der Waals surface area contributed by atoms with Crippen LogP contribution in [0, 0.1) is 5.92 Å². The fourth-order valence-corrected chi connectivity index (χ4v) is 4.05. The summed E-state index contributed by atoms with van der Waals surface area (Å²) in [4.78, 5) is 15.8. The van der Waals surface area contributed by atoms with Crippen LogP contribution < -0.4 is 14.8 Å². The number of aromatic nitrogens is 1. The lowest BCUT2D eigenvalue weighted by molar-refractivity contribution is -0.116. The molecule has 1 amide bonds. The Balaban J connectivity index is 1.39. The molecule has 1 aromatic carbocycles. The van der Waals surface area contributed by atoms with Crippen molar-refractivity contribution in [2.75, 3.05) is 11.9 Å². The lowest BCUT2D eigenvalue weighted by Gasteiger charge is -2.19. The van der Waals surface area contributed by atoms with E-state index < -0.39 is 6.29 Å². The Bertz CT molecular complexity index is 915. The molecule has 7 nitrogen and oxygen atoms in total. The number of amides is 1. The number of aliphatic hydroxyl groups is 1. The summed E-state index contributed by atoms with van der Waals surface area (Å²) < 4.78 is 17.3. The number of nitrogens with zero attached hydrogens (tertiary/aromatic N) is 1. The number of fused-ring (bicyclic) bond motifs is 4. The van der Waals surface area contributed by atoms with Crippen molar-refractivity contribution >= 4 is 11.7 Å². The average molecular weight is 368 g/mol. The minimum Gasteiger partial charge on any atom is -0.489 e. The first-order valence-corrected chi connectivity index (χ1v) is 9.21. The summed E-state index contributed by atoms with van der Waals surface area (Å²) in [6.07, 6.45) is 1.82. The van der Waals surface area contributed by atoms with Gasteiger partial charge in [-0.2, -0.15) is 0 Å². The van der Waals surface area contributed by atoms with Crippen LogP contribution in [0.1, 0.15) is 30.4 Å². The Morgan fingerprint density at radius 1 is 1.37 bits per heavy atom. The van der Waals surface area contributed by atoms with E-state index in [4.69, 9.17) is 14.2 Å². The first kappa shape index (κ1) is 16.5. The Morgan fingerprint density at radius 3 is 3.11 bits per heavy atom. The second-order valence-corrected chi connectivity index (χ2v) is 7.02. The zero-order valence-corrected chi connectivity index (χ0v) is 14.8. The predicted molar refractivity (Wildman–Crippen MR) is 96.0 cm³/mol. The Labute approximate surface area is 156 Å². The summed E-state index contributed by atoms with van der Waals surface area (Å²) in [6.45, 7) is 2.33. The van der Waals surface area contributed by atoms with Gasteiger partial charge in [0.25, 0.3) is 0 Å². The van der Waals surface area contributed by atoms with Crippen LogP contribution in [0.25, 0.3) is 0 Å². The second kappa shape index (κ2) is 6.21. The molecular formula is C20H20N2O5. The van der Waals surface area contributed by atoms with Gasteiger partial charge in [0, 0.05) is 36.3 Å². The highest BCUT2D eigenvalue weighted by molar-refractivity contribution is 5.93. The molecule has 2 aliphatic heterocycles. The quantitative estimate of drug-likeness (QED) is 0.789. The van der Waals surface area contributed by atoms with E-state index in [-0.39, 0.29) is 23.8 Å². The molecule has 5 rings (SSSR count). The van der Waals surface area contributed by atoms with Gasteiger partial charge in [-0.25, -0.2) is 4.98 Å². The molecule has 2 aromatic rings. The van der Waals surface area contributed by atoms with E-state index >= 15 is 0 Å². The molecule has 27 heavy (non-hydrogen) atoms. The standard InChI is InChI=1S/C20H20N2O5/c1-2-25-20(24)17-16-12-9-10(3-5-13(12)27-18(16)17)26-14-7-8-21-19-11(14)4-6-15(23)22-19/h3,5,7-9,16-18,20,24H,2,4,6H2,1H3,(H,21,22,23). The van der Waals surface area contributed by atoms with Gasteiger partial charge in [-0.05, 0) is 37.6 Å². The molecule has 140 valence electrons. The Kier molecular flexibility index (Phi) is 3.80. The molecule has 0 saturated heterocycles. The van der Waals surface area contributed by atoms with Gasteiger partial charge in [-0.15, -0.1) is 0 Å². The van der Waals surface area contributed by atoms with E-state index in [1.807, 2.05) is 31.2 Å². The van der Waals surface area contributed by atoms with Crippen molar-refractivity contribution in [3.05, 3.63) is 41.6 Å². The highest BCUT2D eigenvalue weighted by atomic mass is 16.6. The number of carbonyl (C=O) groups excluding carboxylic acids is 1. The maximum Gasteiger partial charge on any atom is 0.225 e. The SMILES string of the molecule is CCOC(O)C1C2Oc3ccc(Oc4ccnc5c4CCC(=O)N5)cc3C21. The third-order valence-corrected chi connectivity index (χ3v) is 5.38. The van der Waals surface area contributed by atoms with Crippen LogP contribution in [-0.2, 0) is 16.0 Å². The minimum atomic E-state index is -0.807. The maximum atomic E-state index is 11.6. The normalized spacial score (nSPS) is 25.6. The monoisotopic (exact) mass is 368 g/mol. The summed E-state index contributed by atoms with van der Waals surface area (Å²) in [5, 5.41) is 12.9. The van der Waals surface area contributed by atoms with Crippen molar-refractivity contribution in [3.63, 3.8) is 0 Å². The molecule has 0 bridgehead atoms. The van der Waals surface area contributed by atoms with Gasteiger partial charge in [0.2, 0.25) is 5.91 Å². The number of ether oxygens (including phenoxy) is 3. The lowest BCUT2D eigenvalue weighted by Crippen LogP contribution is -2.20. The van der Waals surface area contributed by atoms with Crippen LogP contribution in [0.5, 0.6) is 17.2 Å². The van der Waals surface area contributed by atoms with E-state index in [2.05, 4.69) is 10.3 Å². The zero-order chi connectivity index (χ0) is 18.5. The highest BCUT2D eigenvalue weighted by Gasteiger charge is 2.62. The van der Waals surface area contributed by atoms with Gasteiger partial charge in [-0.3, -0.25) is 4.79 Å². The zero-order valence-electron chi connectivity index (χ0n) is 14.8. The van der Waals surface area contributed by atoms with E-state index in [0.717, 1.165) is 16.9 Å². The van der Waals surface area contributed by atoms with Gasteiger partial charge >= 0.3 is 0 Å². The van der Waals surface area contributed by atoms with Crippen molar-refractivity contribution in [1.82, 2.24) is 4.98 Å². The largest absolute Gasteiger partial charge is 0.489 e. The van der Waals surface area contributed by atoms with Crippen molar-refractivity contribution in [2.45, 2.75) is 38.1 Å². The average Bonchev–Trinajstić information content (AvgIpc) is 3.25. The summed E-state index contributed by atoms with van der Waals surface area (Å²) >= 11 is 0. The van der Waals surface area contributed by atoms with Crippen molar-refractivity contribution in [1.29, 1.82) is 0 Å². The van der Waals surface area contributed by atoms with Gasteiger partial charge in [0.1, 0.15) is 29.2 Å². The molecule has 0 radical (unpaired) electrons. The van der Waals surface area contributed by atoms with Crippen molar-refractivity contribution < 1.29 is 24.1 Å². The number of carbonyl (C=O) groups is 1. The third kappa shape index (κ3) is 2.74. The minimum absolute atomic E-state index is 0.0271. The summed E-state index contributed by atoms with van der Waals surface area (Å²) in [6, 6.07) is 7.54. The van der Waals surface area contributed by atoms with E-state index in [1.54, 1.807) is 6.20 Å². The molecule has 1 saturated carbocycles. The molecule has 2 N–H and O–H groups in total. The number of nitrogens with one attached hydrogen (secondary N) is 1. The van der Waals surface area contributed by atoms with Gasteiger partial charge in [-0.1, -0.05) is 0 Å². The maximum absolute atomic E-state index is 11.6. The molecule has 1 aromatic heterocycles. The molecule has 1 fully saturated rings. The number of hydrogen-bond acceptors (Lipinski definition) is 6. The molecular weight excluding hydrogens is 348 g/mol. The van der Waals surface area contributed by atoms with Crippen LogP contribution in [0.15, 0.2) is 30.5 Å². The van der Waals surface area contributed by atoms with Crippen LogP contribution in [0.2, 0.25) is 0 Å². The number of hydrogen-bond donors (Lipinski definition) is 2. The first-order valence-electron chi connectivity index (χ1n) is 9.21. The lowest BCUT2D eigenvalue weighted by atomic mass is 10.1. The topological polar surface area (TPSA) is 89.9 Å². The van der Waals surface area contributed by atoms with E-state index in [1.165, 1.54) is 0 Å². The summed E-state index contributed by atoms with van der Waals surface area (Å²) in [5.41, 5.74) is 1.94. The summed E-state index contributed by atoms with van der Waals surface area (Å²) in [7, 11) is 0. The fourth-order valence-electron chi connectivity index (χ4n) is 4.05. The molecule has 4 unspecified atom stereocenters. The molecule has 3 heterocycles. The Morgan fingerprint density at radius 2 is 2.26 bits per heavy atom. The highest BCUT2D eigenvalue weighted by Crippen LogP contribution is 2.60. The van der Waals surface area contributed by atoms with Crippen LogP contribution >= 0.6 is 0 Å². The van der Waals surface area contributed by atoms with E-state index in [0.29, 0.717) is 36.8 Å².